The van der Waals surface area contributed by atoms with Gasteiger partial charge >= 0.3 is 0 Å². The fourth-order valence-electron chi connectivity index (χ4n) is 4.43. The number of likely N-dealkylation sites (N-methyl/N-ethyl adjacent to an activating group) is 2. The lowest BCUT2D eigenvalue weighted by Crippen LogP contribution is -2.50. The topological polar surface area (TPSA) is 87.6 Å². The number of nitrogens with zero attached hydrogens (tertiary/aromatic N) is 5. The second-order valence-electron chi connectivity index (χ2n) is 10.8. The van der Waals surface area contributed by atoms with Crippen molar-refractivity contribution in [2.75, 3.05) is 49.8 Å². The number of para-hydroxylation sites is 1. The second kappa shape index (κ2) is 11.9. The summed E-state index contributed by atoms with van der Waals surface area (Å²) in [6.45, 7) is 5.20. The van der Waals surface area contributed by atoms with Gasteiger partial charge in [0.15, 0.2) is 0 Å². The molecule has 4 rings (SSSR count). The predicted octanol–water partition coefficient (Wildman–Crippen LogP) is 1.39. The second-order valence-corrected chi connectivity index (χ2v) is 10.8. The van der Waals surface area contributed by atoms with Crippen LogP contribution >= 0.6 is 0 Å². The van der Waals surface area contributed by atoms with E-state index in [2.05, 4.69) is 85.5 Å². The number of fused-ring (bicyclic) bond motifs is 1. The summed E-state index contributed by atoms with van der Waals surface area (Å²) in [5, 5.41) is 7.41. The highest BCUT2D eigenvalue weighted by Gasteiger charge is 2.20. The minimum atomic E-state index is -0.299. The van der Waals surface area contributed by atoms with Crippen molar-refractivity contribution in [2.24, 2.45) is 7.05 Å². The summed E-state index contributed by atoms with van der Waals surface area (Å²) in [6, 6.07) is 13.9. The zero-order valence-corrected chi connectivity index (χ0v) is 24.4. The third kappa shape index (κ3) is 6.34. The first-order chi connectivity index (χ1) is 19.0. The summed E-state index contributed by atoms with van der Waals surface area (Å²) in [6.07, 6.45) is 5.06. The SMILES string of the molecule is BC(B)(B)N(C)CCN(C)c1cc(OC)c(Nc2nccc(-c3cn(C)c4ccccc34)n2)cc1NC(=O)C=C. The van der Waals surface area contributed by atoms with Crippen LogP contribution in [-0.2, 0) is 11.8 Å². The number of carbonyl (C=O) groups is 1. The summed E-state index contributed by atoms with van der Waals surface area (Å²) in [5.41, 5.74) is 5.02. The molecule has 12 heteroatoms. The Kier molecular flexibility index (Phi) is 8.59. The highest BCUT2D eigenvalue weighted by molar-refractivity contribution is 6.59. The summed E-state index contributed by atoms with van der Waals surface area (Å²) in [5.74, 6) is 0.714. The quantitative estimate of drug-likeness (QED) is 0.222. The molecule has 9 nitrogen and oxygen atoms in total. The van der Waals surface area contributed by atoms with Crippen LogP contribution in [0.3, 0.4) is 0 Å². The Labute approximate surface area is 238 Å². The van der Waals surface area contributed by atoms with Crippen molar-refractivity contribution in [2.45, 2.75) is 5.24 Å². The molecule has 0 bridgehead atoms. The number of benzene rings is 2. The number of hydrogen-bond donors (Lipinski definition) is 2. The van der Waals surface area contributed by atoms with Gasteiger partial charge in [0.05, 0.1) is 29.9 Å². The van der Waals surface area contributed by atoms with Crippen molar-refractivity contribution in [3.8, 4) is 17.0 Å². The third-order valence-electron chi connectivity index (χ3n) is 7.16. The van der Waals surface area contributed by atoms with Crippen molar-refractivity contribution in [1.82, 2.24) is 19.4 Å². The highest BCUT2D eigenvalue weighted by Crippen LogP contribution is 2.38. The molecule has 2 N–H and O–H groups in total. The van der Waals surface area contributed by atoms with Crippen molar-refractivity contribution >= 4 is 63.4 Å². The maximum atomic E-state index is 12.4. The van der Waals surface area contributed by atoms with Crippen molar-refractivity contribution in [3.05, 3.63) is 67.5 Å². The molecule has 0 aliphatic carbocycles. The first-order valence-electron chi connectivity index (χ1n) is 13.2. The molecule has 0 saturated carbocycles. The van der Waals surface area contributed by atoms with Gasteiger partial charge in [0.1, 0.15) is 29.3 Å². The molecule has 1 amide bonds. The van der Waals surface area contributed by atoms with Gasteiger partial charge in [-0.2, -0.15) is 0 Å². The first-order valence-corrected chi connectivity index (χ1v) is 13.2. The average molecular weight is 535 g/mol. The number of anilines is 4. The zero-order chi connectivity index (χ0) is 29.0. The molecule has 0 fully saturated rings. The highest BCUT2D eigenvalue weighted by atomic mass is 16.5. The molecule has 0 atom stereocenters. The number of methoxy groups -OCH3 is 1. The lowest BCUT2D eigenvalue weighted by Gasteiger charge is -2.34. The van der Waals surface area contributed by atoms with Crippen LogP contribution in [0, 0.1) is 0 Å². The lowest BCUT2D eigenvalue weighted by molar-refractivity contribution is -0.111. The number of aromatic nitrogens is 3. The minimum absolute atomic E-state index is 0.0484. The third-order valence-corrected chi connectivity index (χ3v) is 7.16. The van der Waals surface area contributed by atoms with E-state index >= 15 is 0 Å². The van der Waals surface area contributed by atoms with E-state index in [0.29, 0.717) is 23.1 Å². The fourth-order valence-corrected chi connectivity index (χ4v) is 4.43. The smallest absolute Gasteiger partial charge is 0.247 e. The van der Waals surface area contributed by atoms with Crippen molar-refractivity contribution in [1.29, 1.82) is 0 Å². The molecule has 0 saturated heterocycles. The largest absolute Gasteiger partial charge is 0.494 e. The molecule has 0 aliphatic heterocycles. The molecular weight excluding hydrogens is 499 g/mol. The number of carbonyl (C=O) groups excluding carboxylic acids is 1. The van der Waals surface area contributed by atoms with E-state index in [1.54, 1.807) is 13.3 Å². The molecule has 2 aromatic carbocycles. The van der Waals surface area contributed by atoms with Crippen LogP contribution in [0.5, 0.6) is 5.75 Å². The molecular formula is C28H36B3N7O2. The molecule has 40 heavy (non-hydrogen) atoms. The Balaban J connectivity index is 1.67. The van der Waals surface area contributed by atoms with E-state index in [9.17, 15) is 4.79 Å². The van der Waals surface area contributed by atoms with Crippen molar-refractivity contribution < 1.29 is 9.53 Å². The standard InChI is InChI=1S/C28H36B3N7O2/c1-6-26(39)33-21-15-22(25(40-5)16-24(21)36(2)13-14-38(4)28(29,30)31)35-27-32-12-11-20(34-27)19-17-37(3)23-10-8-7-9-18(19)23/h6-12,15-17H,1,13-14,29-31H2,2-5H3,(H,33,39)(H,32,34,35). The number of amides is 1. The maximum absolute atomic E-state index is 12.4. The lowest BCUT2D eigenvalue weighted by atomic mass is 9.48. The molecule has 2 aromatic heterocycles. The Hall–Kier alpha value is -4.18. The number of ether oxygens (including phenoxy) is 1. The Bertz CT molecular complexity index is 1530. The zero-order valence-electron chi connectivity index (χ0n) is 24.4. The summed E-state index contributed by atoms with van der Waals surface area (Å²) < 4.78 is 7.85. The van der Waals surface area contributed by atoms with E-state index in [1.165, 1.54) is 6.08 Å². The molecule has 0 aliphatic rings. The Morgan fingerprint density at radius 2 is 1.90 bits per heavy atom. The normalized spacial score (nSPS) is 11.4. The summed E-state index contributed by atoms with van der Waals surface area (Å²) in [4.78, 5) is 26.0. The van der Waals surface area contributed by atoms with Gasteiger partial charge in [0, 0.05) is 62.1 Å². The number of hydrogen-bond acceptors (Lipinski definition) is 7. The van der Waals surface area contributed by atoms with E-state index < -0.39 is 0 Å². The van der Waals surface area contributed by atoms with Gasteiger partial charge in [-0.1, -0.05) is 30.0 Å². The van der Waals surface area contributed by atoms with Crippen LogP contribution in [0.4, 0.5) is 23.0 Å². The van der Waals surface area contributed by atoms with Crippen LogP contribution < -0.4 is 20.3 Å². The summed E-state index contributed by atoms with van der Waals surface area (Å²) >= 11 is 0. The van der Waals surface area contributed by atoms with Gasteiger partial charge in [-0.05, 0) is 31.3 Å². The van der Waals surface area contributed by atoms with Crippen LogP contribution in [-0.4, -0.2) is 88.4 Å². The van der Waals surface area contributed by atoms with Gasteiger partial charge in [-0.25, -0.2) is 9.97 Å². The number of aryl methyl sites for hydroxylation is 1. The van der Waals surface area contributed by atoms with E-state index in [-0.39, 0.29) is 11.1 Å². The van der Waals surface area contributed by atoms with E-state index in [4.69, 9.17) is 9.72 Å². The average Bonchev–Trinajstić information content (AvgIpc) is 3.27. The predicted molar refractivity (Wildman–Crippen MR) is 173 cm³/mol. The number of nitrogens with one attached hydrogen (secondary N) is 2. The first kappa shape index (κ1) is 28.8. The monoisotopic (exact) mass is 535 g/mol. The maximum Gasteiger partial charge on any atom is 0.247 e. The molecule has 2 heterocycles. The van der Waals surface area contributed by atoms with Gasteiger partial charge < -0.3 is 29.7 Å². The Morgan fingerprint density at radius 3 is 2.60 bits per heavy atom. The molecule has 0 unspecified atom stereocenters. The van der Waals surface area contributed by atoms with Crippen molar-refractivity contribution in [3.63, 3.8) is 0 Å². The molecule has 4 aromatic rings. The number of rotatable bonds is 11. The Morgan fingerprint density at radius 1 is 1.15 bits per heavy atom. The van der Waals surface area contributed by atoms with Gasteiger partial charge in [-0.15, -0.1) is 0 Å². The van der Waals surface area contributed by atoms with Crippen LogP contribution in [0.2, 0.25) is 0 Å². The van der Waals surface area contributed by atoms with Gasteiger partial charge in [0.2, 0.25) is 11.9 Å². The molecule has 0 spiro atoms. The molecule has 204 valence electrons. The van der Waals surface area contributed by atoms with Gasteiger partial charge in [0.25, 0.3) is 0 Å². The summed E-state index contributed by atoms with van der Waals surface area (Å²) in [7, 11) is 14.3. The van der Waals surface area contributed by atoms with Crippen LogP contribution in [0.25, 0.3) is 22.2 Å². The van der Waals surface area contributed by atoms with Gasteiger partial charge in [-0.3, -0.25) is 4.79 Å². The van der Waals surface area contributed by atoms with E-state index in [1.807, 2.05) is 44.4 Å². The minimum Gasteiger partial charge on any atom is -0.494 e. The van der Waals surface area contributed by atoms with E-state index in [0.717, 1.165) is 40.9 Å². The van der Waals surface area contributed by atoms with Crippen LogP contribution in [0.15, 0.2) is 67.5 Å². The fraction of sp³-hybridized carbons (Fsp3) is 0.250. The molecule has 0 radical (unpaired) electrons. The van der Waals surface area contributed by atoms with Crippen LogP contribution in [0.1, 0.15) is 0 Å².